The number of aliphatic hydroxyl groups is 1. The molecule has 1 saturated heterocycles. The van der Waals surface area contributed by atoms with Crippen LogP contribution in [0.1, 0.15) is 33.6 Å². The lowest BCUT2D eigenvalue weighted by atomic mass is 9.87. The van der Waals surface area contributed by atoms with E-state index >= 15 is 0 Å². The number of fused-ring (bicyclic) bond motifs is 1. The highest BCUT2D eigenvalue weighted by Crippen LogP contribution is 2.43. The van der Waals surface area contributed by atoms with Gasteiger partial charge in [0.2, 0.25) is 0 Å². The van der Waals surface area contributed by atoms with Crippen LogP contribution < -0.4 is 0 Å². The van der Waals surface area contributed by atoms with Gasteiger partial charge in [-0.15, -0.1) is 0 Å². The SMILES string of the molecule is CC(C)(C)[Si](C)(C)OC[C@@H]1C(O)C[C@H]2CCOC[C@@H]21. The highest BCUT2D eigenvalue weighted by molar-refractivity contribution is 6.74. The maximum atomic E-state index is 10.3. The number of hydrogen-bond donors (Lipinski definition) is 1. The summed E-state index contributed by atoms with van der Waals surface area (Å²) in [5, 5.41) is 10.5. The zero-order valence-electron chi connectivity index (χ0n) is 13.1. The standard InChI is InChI=1S/C15H30O3Si/c1-15(2,3)19(4,5)18-10-13-12-9-17-7-6-11(12)8-14(13)16/h11-14,16H,6-10H2,1-5H3/t11-,12+,13+,14?/m1/s1. The number of rotatable bonds is 3. The molecule has 1 N–H and O–H groups in total. The topological polar surface area (TPSA) is 38.7 Å². The summed E-state index contributed by atoms with van der Waals surface area (Å²) < 4.78 is 11.9. The molecular weight excluding hydrogens is 256 g/mol. The zero-order valence-corrected chi connectivity index (χ0v) is 14.1. The molecule has 4 heteroatoms. The van der Waals surface area contributed by atoms with Gasteiger partial charge >= 0.3 is 0 Å². The van der Waals surface area contributed by atoms with E-state index < -0.39 is 8.32 Å². The monoisotopic (exact) mass is 286 g/mol. The van der Waals surface area contributed by atoms with Gasteiger partial charge in [-0.25, -0.2) is 0 Å². The summed E-state index contributed by atoms with van der Waals surface area (Å²) in [7, 11) is -1.71. The van der Waals surface area contributed by atoms with E-state index in [1.807, 2.05) is 0 Å². The molecule has 112 valence electrons. The number of ether oxygens (including phenoxy) is 1. The Morgan fingerprint density at radius 2 is 2.00 bits per heavy atom. The van der Waals surface area contributed by atoms with E-state index in [1.165, 1.54) is 0 Å². The molecule has 0 aromatic rings. The normalized spacial score (nSPS) is 36.3. The molecule has 2 rings (SSSR count). The van der Waals surface area contributed by atoms with Gasteiger partial charge in [0.15, 0.2) is 8.32 Å². The Hall–Kier alpha value is 0.0969. The minimum Gasteiger partial charge on any atom is -0.416 e. The molecule has 0 aromatic heterocycles. The van der Waals surface area contributed by atoms with Gasteiger partial charge in [0, 0.05) is 19.1 Å². The van der Waals surface area contributed by atoms with Crippen LogP contribution in [0.15, 0.2) is 0 Å². The van der Waals surface area contributed by atoms with Crippen LogP contribution in [0.5, 0.6) is 0 Å². The summed E-state index contributed by atoms with van der Waals surface area (Å²) in [6.45, 7) is 13.7. The minimum absolute atomic E-state index is 0.193. The van der Waals surface area contributed by atoms with E-state index in [1.54, 1.807) is 0 Å². The molecule has 1 aliphatic heterocycles. The Morgan fingerprint density at radius 3 is 2.63 bits per heavy atom. The minimum atomic E-state index is -1.71. The van der Waals surface area contributed by atoms with Crippen molar-refractivity contribution >= 4 is 8.32 Å². The fourth-order valence-electron chi connectivity index (χ4n) is 3.10. The van der Waals surface area contributed by atoms with Crippen molar-refractivity contribution in [2.24, 2.45) is 17.8 Å². The Labute approximate surface area is 118 Å². The van der Waals surface area contributed by atoms with Crippen molar-refractivity contribution in [1.82, 2.24) is 0 Å². The van der Waals surface area contributed by atoms with Crippen LogP contribution in [0.25, 0.3) is 0 Å². The number of aliphatic hydroxyl groups excluding tert-OH is 1. The molecular formula is C15H30O3Si. The summed E-state index contributed by atoms with van der Waals surface area (Å²) in [6, 6.07) is 0. The van der Waals surface area contributed by atoms with E-state index in [2.05, 4.69) is 33.9 Å². The van der Waals surface area contributed by atoms with Crippen molar-refractivity contribution in [3.05, 3.63) is 0 Å². The largest absolute Gasteiger partial charge is 0.416 e. The second-order valence-corrected chi connectivity index (χ2v) is 12.6. The van der Waals surface area contributed by atoms with Crippen LogP contribution in [-0.4, -0.2) is 39.3 Å². The highest BCUT2D eigenvalue weighted by Gasteiger charge is 2.45. The van der Waals surface area contributed by atoms with Crippen LogP contribution in [0.2, 0.25) is 18.1 Å². The maximum Gasteiger partial charge on any atom is 0.191 e. The first-order valence-electron chi connectivity index (χ1n) is 7.62. The smallest absolute Gasteiger partial charge is 0.191 e. The maximum absolute atomic E-state index is 10.3. The third-order valence-corrected chi connectivity index (χ3v) is 10.1. The molecule has 0 radical (unpaired) electrons. The first-order valence-corrected chi connectivity index (χ1v) is 10.5. The summed E-state index contributed by atoms with van der Waals surface area (Å²) in [4.78, 5) is 0. The van der Waals surface area contributed by atoms with E-state index in [-0.39, 0.29) is 17.1 Å². The van der Waals surface area contributed by atoms with Gasteiger partial charge in [-0.2, -0.15) is 0 Å². The molecule has 0 amide bonds. The van der Waals surface area contributed by atoms with E-state index in [9.17, 15) is 5.11 Å². The van der Waals surface area contributed by atoms with Crippen molar-refractivity contribution < 1.29 is 14.3 Å². The van der Waals surface area contributed by atoms with Crippen molar-refractivity contribution in [2.45, 2.75) is 57.8 Å². The van der Waals surface area contributed by atoms with Crippen molar-refractivity contribution in [1.29, 1.82) is 0 Å². The third-order valence-electron chi connectivity index (χ3n) is 5.58. The van der Waals surface area contributed by atoms with Crippen molar-refractivity contribution in [3.8, 4) is 0 Å². The van der Waals surface area contributed by atoms with E-state index in [0.29, 0.717) is 18.4 Å². The van der Waals surface area contributed by atoms with Gasteiger partial charge in [0.05, 0.1) is 12.7 Å². The molecule has 1 saturated carbocycles. The predicted octanol–water partition coefficient (Wildman–Crippen LogP) is 3.04. The average Bonchev–Trinajstić information content (AvgIpc) is 2.60. The third kappa shape index (κ3) is 3.23. The summed E-state index contributed by atoms with van der Waals surface area (Å²) >= 11 is 0. The van der Waals surface area contributed by atoms with Gasteiger partial charge in [-0.05, 0) is 42.8 Å². The molecule has 2 aliphatic rings. The fraction of sp³-hybridized carbons (Fsp3) is 1.00. The molecule has 3 nitrogen and oxygen atoms in total. The molecule has 1 aliphatic carbocycles. The average molecular weight is 286 g/mol. The molecule has 4 atom stereocenters. The molecule has 0 bridgehead atoms. The van der Waals surface area contributed by atoms with Crippen LogP contribution >= 0.6 is 0 Å². The van der Waals surface area contributed by atoms with E-state index in [0.717, 1.165) is 26.1 Å². The Bertz CT molecular complexity index is 311. The number of hydrogen-bond acceptors (Lipinski definition) is 3. The van der Waals surface area contributed by atoms with Crippen LogP contribution in [0, 0.1) is 17.8 Å². The highest BCUT2D eigenvalue weighted by atomic mass is 28.4. The van der Waals surface area contributed by atoms with Crippen LogP contribution in [-0.2, 0) is 9.16 Å². The van der Waals surface area contributed by atoms with Gasteiger partial charge < -0.3 is 14.3 Å². The van der Waals surface area contributed by atoms with Crippen LogP contribution in [0.4, 0.5) is 0 Å². The molecule has 1 heterocycles. The van der Waals surface area contributed by atoms with Gasteiger partial charge in [0.1, 0.15) is 0 Å². The summed E-state index contributed by atoms with van der Waals surface area (Å²) in [5.41, 5.74) is 0. The molecule has 1 unspecified atom stereocenters. The van der Waals surface area contributed by atoms with E-state index in [4.69, 9.17) is 9.16 Å². The lowest BCUT2D eigenvalue weighted by molar-refractivity contribution is -0.00363. The molecule has 0 spiro atoms. The Balaban J connectivity index is 1.95. The van der Waals surface area contributed by atoms with Crippen molar-refractivity contribution in [2.75, 3.05) is 19.8 Å². The van der Waals surface area contributed by atoms with Crippen molar-refractivity contribution in [3.63, 3.8) is 0 Å². The van der Waals surface area contributed by atoms with Gasteiger partial charge in [-0.1, -0.05) is 20.8 Å². The fourth-order valence-corrected chi connectivity index (χ4v) is 4.14. The zero-order chi connectivity index (χ0) is 14.3. The van der Waals surface area contributed by atoms with Crippen LogP contribution in [0.3, 0.4) is 0 Å². The quantitative estimate of drug-likeness (QED) is 0.811. The second kappa shape index (κ2) is 5.47. The second-order valence-electron chi connectivity index (χ2n) is 7.83. The lowest BCUT2D eigenvalue weighted by Crippen LogP contribution is -2.43. The summed E-state index contributed by atoms with van der Waals surface area (Å²) in [6.07, 6.45) is 1.86. The molecule has 0 aromatic carbocycles. The Morgan fingerprint density at radius 1 is 1.32 bits per heavy atom. The Kier molecular flexibility index (Phi) is 4.46. The molecule has 2 fully saturated rings. The first kappa shape index (κ1) is 15.5. The molecule has 19 heavy (non-hydrogen) atoms. The summed E-state index contributed by atoms with van der Waals surface area (Å²) in [5.74, 6) is 1.43. The first-order chi connectivity index (χ1) is 8.72. The van der Waals surface area contributed by atoms with Gasteiger partial charge in [0.25, 0.3) is 0 Å². The predicted molar refractivity (Wildman–Crippen MR) is 79.7 cm³/mol. The lowest BCUT2D eigenvalue weighted by Gasteiger charge is -2.38. The van der Waals surface area contributed by atoms with Gasteiger partial charge in [-0.3, -0.25) is 0 Å².